The van der Waals surface area contributed by atoms with E-state index in [2.05, 4.69) is 12.2 Å². The molecule has 0 unspecified atom stereocenters. The van der Waals surface area contributed by atoms with E-state index in [0.717, 1.165) is 41.4 Å². The topological polar surface area (TPSA) is 52.7 Å². The Morgan fingerprint density at radius 3 is 2.63 bits per heavy atom. The van der Waals surface area contributed by atoms with E-state index in [1.54, 1.807) is 23.7 Å². The molecule has 5 nitrogen and oxygen atoms in total. The van der Waals surface area contributed by atoms with Crippen LogP contribution in [0.2, 0.25) is 0 Å². The van der Waals surface area contributed by atoms with Crippen LogP contribution in [0.25, 0.3) is 0 Å². The quantitative estimate of drug-likeness (QED) is 0.779. The van der Waals surface area contributed by atoms with Crippen LogP contribution in [-0.4, -0.2) is 37.0 Å². The molecule has 3 amide bonds. The fourth-order valence-electron chi connectivity index (χ4n) is 3.50. The van der Waals surface area contributed by atoms with Crippen molar-refractivity contribution in [3.63, 3.8) is 0 Å². The molecule has 2 aliphatic rings. The van der Waals surface area contributed by atoms with Gasteiger partial charge in [-0.25, -0.2) is 4.79 Å². The van der Waals surface area contributed by atoms with E-state index in [-0.39, 0.29) is 11.9 Å². The molecular weight excluding hydrogens is 358 g/mol. The maximum atomic E-state index is 12.8. The molecule has 2 heterocycles. The van der Waals surface area contributed by atoms with Crippen LogP contribution in [0.3, 0.4) is 0 Å². The molecule has 6 heteroatoms. The standard InChI is InChI=1S/C21H23N3O2S/c1-14-9-11-24(12-10-14)21(26)22-15-7-8-19-17(13-15)23(2)20(25)16-5-3-4-6-18(16)27-19/h3-8,13-14H,9-12H2,1-2H3,(H,22,26). The van der Waals surface area contributed by atoms with Crippen LogP contribution >= 0.6 is 11.8 Å². The van der Waals surface area contributed by atoms with Crippen molar-refractivity contribution in [2.75, 3.05) is 30.4 Å². The number of carbonyl (C=O) groups is 2. The fraction of sp³-hybridized carbons (Fsp3) is 0.333. The SMILES string of the molecule is CC1CCN(C(=O)Nc2ccc3c(c2)N(C)C(=O)c2ccccc2S3)CC1. The second-order valence-electron chi connectivity index (χ2n) is 7.24. The molecule has 0 atom stereocenters. The number of piperidine rings is 1. The molecule has 0 aromatic heterocycles. The van der Waals surface area contributed by atoms with Gasteiger partial charge in [-0.1, -0.05) is 30.8 Å². The van der Waals surface area contributed by atoms with Gasteiger partial charge in [-0.05, 0) is 49.1 Å². The number of rotatable bonds is 1. The summed E-state index contributed by atoms with van der Waals surface area (Å²) in [6.45, 7) is 3.81. The van der Waals surface area contributed by atoms with Gasteiger partial charge in [-0.2, -0.15) is 0 Å². The summed E-state index contributed by atoms with van der Waals surface area (Å²) in [6, 6.07) is 13.3. The van der Waals surface area contributed by atoms with E-state index in [1.165, 1.54) is 0 Å². The van der Waals surface area contributed by atoms with Crippen molar-refractivity contribution in [1.29, 1.82) is 0 Å². The highest BCUT2D eigenvalue weighted by Crippen LogP contribution is 2.41. The first-order chi connectivity index (χ1) is 13.0. The maximum Gasteiger partial charge on any atom is 0.321 e. The third-order valence-corrected chi connectivity index (χ3v) is 6.43. The summed E-state index contributed by atoms with van der Waals surface area (Å²) in [6.07, 6.45) is 2.09. The molecule has 27 heavy (non-hydrogen) atoms. The Bertz CT molecular complexity index is 891. The van der Waals surface area contributed by atoms with Crippen molar-refractivity contribution in [3.05, 3.63) is 48.0 Å². The normalized spacial score (nSPS) is 17.2. The predicted molar refractivity (Wildman–Crippen MR) is 109 cm³/mol. The van der Waals surface area contributed by atoms with Crippen LogP contribution in [0.5, 0.6) is 0 Å². The summed E-state index contributed by atoms with van der Waals surface area (Å²) in [7, 11) is 1.78. The number of likely N-dealkylation sites (tertiary alicyclic amines) is 1. The van der Waals surface area contributed by atoms with Crippen molar-refractivity contribution in [2.24, 2.45) is 5.92 Å². The maximum absolute atomic E-state index is 12.8. The first kappa shape index (κ1) is 17.9. The lowest BCUT2D eigenvalue weighted by Gasteiger charge is -2.30. The third kappa shape index (κ3) is 3.54. The predicted octanol–water partition coefficient (Wildman–Crippen LogP) is 4.69. The molecule has 2 aromatic carbocycles. The lowest BCUT2D eigenvalue weighted by atomic mass is 10.00. The molecule has 1 saturated heterocycles. The molecule has 140 valence electrons. The Balaban J connectivity index is 1.57. The van der Waals surface area contributed by atoms with E-state index >= 15 is 0 Å². The Labute approximate surface area is 163 Å². The second kappa shape index (κ2) is 7.27. The average molecular weight is 382 g/mol. The van der Waals surface area contributed by atoms with Crippen molar-refractivity contribution >= 4 is 35.1 Å². The average Bonchev–Trinajstić information content (AvgIpc) is 2.78. The summed E-state index contributed by atoms with van der Waals surface area (Å²) >= 11 is 1.58. The number of hydrogen-bond donors (Lipinski definition) is 1. The van der Waals surface area contributed by atoms with Gasteiger partial charge in [0.2, 0.25) is 0 Å². The molecule has 0 bridgehead atoms. The molecule has 2 aliphatic heterocycles. The fourth-order valence-corrected chi connectivity index (χ4v) is 4.58. The van der Waals surface area contributed by atoms with Crippen LogP contribution in [0, 0.1) is 5.92 Å². The number of anilines is 2. The second-order valence-corrected chi connectivity index (χ2v) is 8.33. The minimum Gasteiger partial charge on any atom is -0.325 e. The van der Waals surface area contributed by atoms with Crippen molar-refractivity contribution < 1.29 is 9.59 Å². The zero-order valence-corrected chi connectivity index (χ0v) is 16.4. The van der Waals surface area contributed by atoms with E-state index in [9.17, 15) is 9.59 Å². The van der Waals surface area contributed by atoms with E-state index < -0.39 is 0 Å². The van der Waals surface area contributed by atoms with Crippen LogP contribution in [-0.2, 0) is 0 Å². The summed E-state index contributed by atoms with van der Waals surface area (Å²) in [5, 5.41) is 2.99. The number of urea groups is 1. The Morgan fingerprint density at radius 1 is 1.11 bits per heavy atom. The van der Waals surface area contributed by atoms with Gasteiger partial charge in [0.25, 0.3) is 5.91 Å². The molecule has 1 fully saturated rings. The zero-order valence-electron chi connectivity index (χ0n) is 15.6. The summed E-state index contributed by atoms with van der Waals surface area (Å²) in [4.78, 5) is 30.9. The summed E-state index contributed by atoms with van der Waals surface area (Å²) in [5.74, 6) is 0.644. The summed E-state index contributed by atoms with van der Waals surface area (Å²) in [5.41, 5.74) is 2.23. The first-order valence-electron chi connectivity index (χ1n) is 9.28. The Hall–Kier alpha value is -2.47. The van der Waals surface area contributed by atoms with Crippen molar-refractivity contribution in [3.8, 4) is 0 Å². The minimum absolute atomic E-state index is 0.0367. The van der Waals surface area contributed by atoms with Gasteiger partial charge in [-0.15, -0.1) is 0 Å². The number of nitrogens with one attached hydrogen (secondary N) is 1. The largest absolute Gasteiger partial charge is 0.325 e. The number of nitrogens with zero attached hydrogens (tertiary/aromatic N) is 2. The highest BCUT2D eigenvalue weighted by Gasteiger charge is 2.25. The first-order valence-corrected chi connectivity index (χ1v) is 10.1. The van der Waals surface area contributed by atoms with E-state index in [0.29, 0.717) is 17.2 Å². The number of carbonyl (C=O) groups excluding carboxylic acids is 2. The van der Waals surface area contributed by atoms with E-state index in [4.69, 9.17) is 0 Å². The minimum atomic E-state index is -0.0691. The number of amides is 3. The summed E-state index contributed by atoms with van der Waals surface area (Å²) < 4.78 is 0. The molecule has 2 aromatic rings. The van der Waals surface area contributed by atoms with Crippen molar-refractivity contribution in [1.82, 2.24) is 4.90 Å². The van der Waals surface area contributed by atoms with Gasteiger partial charge in [0.15, 0.2) is 0 Å². The molecule has 0 radical (unpaired) electrons. The van der Waals surface area contributed by atoms with Crippen LogP contribution < -0.4 is 10.2 Å². The van der Waals surface area contributed by atoms with E-state index in [1.807, 2.05) is 47.4 Å². The van der Waals surface area contributed by atoms with Gasteiger partial charge in [0.1, 0.15) is 0 Å². The lowest BCUT2D eigenvalue weighted by Crippen LogP contribution is -2.40. The molecule has 0 aliphatic carbocycles. The molecular formula is C21H23N3O2S. The monoisotopic (exact) mass is 381 g/mol. The highest BCUT2D eigenvalue weighted by atomic mass is 32.2. The smallest absolute Gasteiger partial charge is 0.321 e. The van der Waals surface area contributed by atoms with Crippen LogP contribution in [0.1, 0.15) is 30.1 Å². The van der Waals surface area contributed by atoms with Crippen LogP contribution in [0.4, 0.5) is 16.2 Å². The molecule has 1 N–H and O–H groups in total. The van der Waals surface area contributed by atoms with Crippen LogP contribution in [0.15, 0.2) is 52.3 Å². The van der Waals surface area contributed by atoms with Crippen molar-refractivity contribution in [2.45, 2.75) is 29.6 Å². The zero-order chi connectivity index (χ0) is 19.0. The third-order valence-electron chi connectivity index (χ3n) is 5.28. The van der Waals surface area contributed by atoms with Gasteiger partial charge in [-0.3, -0.25) is 4.79 Å². The number of benzene rings is 2. The Morgan fingerprint density at radius 2 is 1.85 bits per heavy atom. The Kier molecular flexibility index (Phi) is 4.83. The van der Waals surface area contributed by atoms with Gasteiger partial charge in [0.05, 0.1) is 11.3 Å². The lowest BCUT2D eigenvalue weighted by molar-refractivity contribution is 0.0990. The van der Waals surface area contributed by atoms with Gasteiger partial charge < -0.3 is 15.1 Å². The molecule has 0 saturated carbocycles. The molecule has 4 rings (SSSR count). The number of hydrogen-bond acceptors (Lipinski definition) is 3. The number of fused-ring (bicyclic) bond motifs is 2. The van der Waals surface area contributed by atoms with Gasteiger partial charge >= 0.3 is 6.03 Å². The molecule has 0 spiro atoms. The van der Waals surface area contributed by atoms with Gasteiger partial charge in [0, 0.05) is 35.6 Å². The highest BCUT2D eigenvalue weighted by molar-refractivity contribution is 7.99.